The number of Topliss-reactive ketones (excluding diaryl/α,β-unsaturated/α-hetero) is 1. The maximum Gasteiger partial charge on any atom is 0.313 e. The van der Waals surface area contributed by atoms with E-state index in [9.17, 15) is 9.59 Å². The van der Waals surface area contributed by atoms with Crippen LogP contribution in [0.25, 0.3) is 0 Å². The quantitative estimate of drug-likeness (QED) is 0.343. The number of hydrogen-bond acceptors (Lipinski definition) is 5. The van der Waals surface area contributed by atoms with Crippen LogP contribution in [0.1, 0.15) is 20.3 Å². The minimum absolute atomic E-state index is 0.129. The molecule has 1 atom stereocenters. The zero-order chi connectivity index (χ0) is 11.0. The molecule has 14 heavy (non-hydrogen) atoms. The highest BCUT2D eigenvalue weighted by Gasteiger charge is 2.11. The average Bonchev–Trinajstić information content (AvgIpc) is 2.15. The van der Waals surface area contributed by atoms with Crippen LogP contribution in [0.5, 0.6) is 0 Å². The van der Waals surface area contributed by atoms with Crippen LogP contribution in [0.2, 0.25) is 0 Å². The summed E-state index contributed by atoms with van der Waals surface area (Å²) < 4.78 is 14.4. The van der Waals surface area contributed by atoms with Crippen LogP contribution in [-0.4, -0.2) is 38.4 Å². The predicted molar refractivity (Wildman–Crippen MR) is 48.7 cm³/mol. The topological polar surface area (TPSA) is 61.8 Å². The van der Waals surface area contributed by atoms with Gasteiger partial charge < -0.3 is 14.2 Å². The number of hydrogen-bond donors (Lipinski definition) is 0. The maximum absolute atomic E-state index is 11.0. The molecule has 0 aliphatic heterocycles. The lowest BCUT2D eigenvalue weighted by molar-refractivity contribution is -0.153. The zero-order valence-corrected chi connectivity index (χ0v) is 8.74. The highest BCUT2D eigenvalue weighted by Crippen LogP contribution is 1.95. The van der Waals surface area contributed by atoms with Gasteiger partial charge >= 0.3 is 5.97 Å². The van der Waals surface area contributed by atoms with Crippen LogP contribution >= 0.6 is 0 Å². The Morgan fingerprint density at radius 2 is 1.93 bits per heavy atom. The monoisotopic (exact) mass is 204 g/mol. The number of ketones is 1. The van der Waals surface area contributed by atoms with Crippen LogP contribution in [0.4, 0.5) is 0 Å². The van der Waals surface area contributed by atoms with Crippen molar-refractivity contribution in [1.29, 1.82) is 0 Å². The second-order valence-corrected chi connectivity index (χ2v) is 2.63. The summed E-state index contributed by atoms with van der Waals surface area (Å²) >= 11 is 0. The van der Waals surface area contributed by atoms with E-state index < -0.39 is 12.3 Å². The van der Waals surface area contributed by atoms with E-state index in [0.717, 1.165) is 0 Å². The molecule has 0 bridgehead atoms. The van der Waals surface area contributed by atoms with Gasteiger partial charge in [-0.15, -0.1) is 0 Å². The van der Waals surface area contributed by atoms with Crippen LogP contribution in [0.15, 0.2) is 0 Å². The van der Waals surface area contributed by atoms with Gasteiger partial charge in [-0.2, -0.15) is 0 Å². The smallest absolute Gasteiger partial charge is 0.313 e. The zero-order valence-electron chi connectivity index (χ0n) is 8.74. The van der Waals surface area contributed by atoms with Crippen molar-refractivity contribution in [2.24, 2.45) is 0 Å². The molecule has 0 radical (unpaired) electrons. The van der Waals surface area contributed by atoms with Crippen molar-refractivity contribution in [2.45, 2.75) is 26.6 Å². The molecule has 1 unspecified atom stereocenters. The Morgan fingerprint density at radius 3 is 2.43 bits per heavy atom. The van der Waals surface area contributed by atoms with Gasteiger partial charge in [-0.05, 0) is 13.8 Å². The summed E-state index contributed by atoms with van der Waals surface area (Å²) in [6.07, 6.45) is -0.684. The molecule has 5 nitrogen and oxygen atoms in total. The third-order valence-corrected chi connectivity index (χ3v) is 1.45. The predicted octanol–water partition coefficient (Wildman–Crippen LogP) is 0.518. The molecule has 0 heterocycles. The van der Waals surface area contributed by atoms with Gasteiger partial charge in [0.05, 0.1) is 7.11 Å². The fourth-order valence-corrected chi connectivity index (χ4v) is 0.777. The minimum atomic E-state index is -0.553. The lowest BCUT2D eigenvalue weighted by Gasteiger charge is -2.11. The van der Waals surface area contributed by atoms with E-state index in [2.05, 4.69) is 4.74 Å². The van der Waals surface area contributed by atoms with Crippen LogP contribution in [0, 0.1) is 0 Å². The second kappa shape index (κ2) is 7.46. The molecular weight excluding hydrogens is 188 g/mol. The van der Waals surface area contributed by atoms with Gasteiger partial charge in [0.25, 0.3) is 0 Å². The first kappa shape index (κ1) is 13.1. The molecular formula is C9H16O5. The van der Waals surface area contributed by atoms with Crippen molar-refractivity contribution in [1.82, 2.24) is 0 Å². The second-order valence-electron chi connectivity index (χ2n) is 2.63. The minimum Gasteiger partial charge on any atom is -0.469 e. The number of carbonyl (C=O) groups excluding carboxylic acids is 2. The molecule has 0 aliphatic rings. The van der Waals surface area contributed by atoms with Gasteiger partial charge in [-0.25, -0.2) is 0 Å². The highest BCUT2D eigenvalue weighted by molar-refractivity contribution is 5.96. The summed E-state index contributed by atoms with van der Waals surface area (Å²) in [5, 5.41) is 0. The molecule has 82 valence electrons. The van der Waals surface area contributed by atoms with E-state index >= 15 is 0 Å². The highest BCUT2D eigenvalue weighted by atomic mass is 16.7. The first-order chi connectivity index (χ1) is 6.60. The molecule has 0 fully saturated rings. The molecule has 0 spiro atoms. The number of ether oxygens (including phenoxy) is 3. The van der Waals surface area contributed by atoms with Crippen molar-refractivity contribution in [3.8, 4) is 0 Å². The molecule has 0 amide bonds. The van der Waals surface area contributed by atoms with E-state index in [1.807, 2.05) is 6.92 Å². The van der Waals surface area contributed by atoms with Crippen molar-refractivity contribution >= 4 is 11.8 Å². The molecule has 0 rings (SSSR count). The molecule has 0 saturated heterocycles. The first-order valence-electron chi connectivity index (χ1n) is 4.41. The summed E-state index contributed by atoms with van der Waals surface area (Å²) in [6, 6.07) is 0. The molecule has 0 N–H and O–H groups in total. The first-order valence-corrected chi connectivity index (χ1v) is 4.41. The van der Waals surface area contributed by atoms with E-state index in [0.29, 0.717) is 6.61 Å². The number of esters is 1. The normalized spacial score (nSPS) is 12.2. The molecule has 0 aromatic carbocycles. The Balaban J connectivity index is 3.58. The Morgan fingerprint density at radius 1 is 1.29 bits per heavy atom. The van der Waals surface area contributed by atoms with Gasteiger partial charge in [0.1, 0.15) is 13.0 Å². The Labute approximate surface area is 83.3 Å². The lowest BCUT2D eigenvalue weighted by Crippen LogP contribution is -2.20. The summed E-state index contributed by atoms with van der Waals surface area (Å²) in [5.74, 6) is -0.869. The lowest BCUT2D eigenvalue weighted by atomic mass is 10.3. The number of carbonyl (C=O) groups is 2. The van der Waals surface area contributed by atoms with Gasteiger partial charge in [-0.1, -0.05) is 0 Å². The number of rotatable bonds is 7. The van der Waals surface area contributed by atoms with E-state index in [-0.39, 0.29) is 18.8 Å². The van der Waals surface area contributed by atoms with Crippen LogP contribution in [0.3, 0.4) is 0 Å². The molecule has 0 aromatic heterocycles. The van der Waals surface area contributed by atoms with E-state index in [4.69, 9.17) is 9.47 Å². The Hall–Kier alpha value is -0.940. The Bertz CT molecular complexity index is 190. The largest absolute Gasteiger partial charge is 0.469 e. The fraction of sp³-hybridized carbons (Fsp3) is 0.778. The van der Waals surface area contributed by atoms with Gasteiger partial charge in [0.2, 0.25) is 0 Å². The molecule has 0 saturated carbocycles. The third-order valence-electron chi connectivity index (χ3n) is 1.45. The molecule has 5 heteroatoms. The average molecular weight is 204 g/mol. The Kier molecular flexibility index (Phi) is 6.96. The van der Waals surface area contributed by atoms with Gasteiger partial charge in [0.15, 0.2) is 12.1 Å². The number of methoxy groups -OCH3 is 1. The van der Waals surface area contributed by atoms with Gasteiger partial charge in [-0.3, -0.25) is 9.59 Å². The molecule has 0 aliphatic carbocycles. The summed E-state index contributed by atoms with van der Waals surface area (Å²) in [5.41, 5.74) is 0. The maximum atomic E-state index is 11.0. The van der Waals surface area contributed by atoms with Gasteiger partial charge in [0, 0.05) is 6.61 Å². The van der Waals surface area contributed by atoms with Crippen LogP contribution in [-0.2, 0) is 23.8 Å². The van der Waals surface area contributed by atoms with E-state index in [1.165, 1.54) is 7.11 Å². The van der Waals surface area contributed by atoms with Crippen molar-refractivity contribution in [3.63, 3.8) is 0 Å². The SMILES string of the molecule is CCOC(C)OCC(=O)CC(=O)OC. The van der Waals surface area contributed by atoms with Crippen molar-refractivity contribution < 1.29 is 23.8 Å². The third kappa shape index (κ3) is 6.56. The van der Waals surface area contributed by atoms with Crippen molar-refractivity contribution in [2.75, 3.05) is 20.3 Å². The molecule has 0 aromatic rings. The summed E-state index contributed by atoms with van der Waals surface area (Å²) in [4.78, 5) is 21.7. The summed E-state index contributed by atoms with van der Waals surface area (Å²) in [6.45, 7) is 3.91. The van der Waals surface area contributed by atoms with Crippen LogP contribution < -0.4 is 0 Å². The fourth-order valence-electron chi connectivity index (χ4n) is 0.777. The summed E-state index contributed by atoms with van der Waals surface area (Å²) in [7, 11) is 1.24. The van der Waals surface area contributed by atoms with E-state index in [1.54, 1.807) is 6.92 Å². The standard InChI is InChI=1S/C9H16O5/c1-4-13-7(2)14-6-8(10)5-9(11)12-3/h7H,4-6H2,1-3H3. The van der Waals surface area contributed by atoms with Crippen molar-refractivity contribution in [3.05, 3.63) is 0 Å².